The fourth-order valence-electron chi connectivity index (χ4n) is 4.26. The molecule has 2 aliphatic rings. The average Bonchev–Trinajstić information content (AvgIpc) is 2.55. The van der Waals surface area contributed by atoms with Crippen LogP contribution < -0.4 is 5.32 Å². The second-order valence-corrected chi connectivity index (χ2v) is 7.42. The van der Waals surface area contributed by atoms with Crippen molar-refractivity contribution in [2.24, 2.45) is 0 Å². The summed E-state index contributed by atoms with van der Waals surface area (Å²) >= 11 is 0. The Morgan fingerprint density at radius 1 is 1.42 bits per heavy atom. The first-order valence-electron chi connectivity index (χ1n) is 8.96. The lowest BCUT2D eigenvalue weighted by molar-refractivity contribution is -0.143. The topological polar surface area (TPSA) is 35.6 Å². The van der Waals surface area contributed by atoms with Crippen LogP contribution in [0.3, 0.4) is 0 Å². The fraction of sp³-hybridized carbons (Fsp3) is 0.632. The first-order valence-corrected chi connectivity index (χ1v) is 8.96. The Morgan fingerprint density at radius 2 is 2.21 bits per heavy atom. The first kappa shape index (κ1) is 17.4. The van der Waals surface area contributed by atoms with E-state index in [0.717, 1.165) is 38.8 Å². The lowest BCUT2D eigenvalue weighted by atomic mass is 9.77. The number of carbonyl (C=O) groups is 1. The molecule has 24 heavy (non-hydrogen) atoms. The molecule has 3 rings (SSSR count). The second-order valence-electron chi connectivity index (χ2n) is 7.42. The molecule has 2 atom stereocenters. The third-order valence-electron chi connectivity index (χ3n) is 5.60. The summed E-state index contributed by atoms with van der Waals surface area (Å²) in [6, 6.07) is 7.17. The van der Waals surface area contributed by atoms with Crippen molar-refractivity contribution in [1.29, 1.82) is 0 Å². The van der Waals surface area contributed by atoms with Gasteiger partial charge in [-0.3, -0.25) is 9.69 Å². The molecule has 2 heterocycles. The predicted octanol–water partition coefficient (Wildman–Crippen LogP) is 2.39. The molecule has 1 aromatic carbocycles. The summed E-state index contributed by atoms with van der Waals surface area (Å²) in [5, 5.41) is 3.59. The van der Waals surface area contributed by atoms with Crippen molar-refractivity contribution in [3.05, 3.63) is 35.6 Å². The molecule has 2 saturated heterocycles. The zero-order valence-electron chi connectivity index (χ0n) is 14.7. The van der Waals surface area contributed by atoms with Crippen LogP contribution in [0, 0.1) is 5.82 Å². The van der Waals surface area contributed by atoms with Crippen LogP contribution in [0.1, 0.15) is 38.2 Å². The summed E-state index contributed by atoms with van der Waals surface area (Å²) in [4.78, 5) is 16.9. The highest BCUT2D eigenvalue weighted by atomic mass is 19.1. The van der Waals surface area contributed by atoms with E-state index in [2.05, 4.69) is 17.1 Å². The molecule has 2 fully saturated rings. The third kappa shape index (κ3) is 3.47. The van der Waals surface area contributed by atoms with Gasteiger partial charge in [-0.15, -0.1) is 0 Å². The number of hydrogen-bond donors (Lipinski definition) is 1. The van der Waals surface area contributed by atoms with Crippen LogP contribution >= 0.6 is 0 Å². The third-order valence-corrected chi connectivity index (χ3v) is 5.60. The number of amides is 1. The molecular formula is C19H28FN3O. The average molecular weight is 333 g/mol. The number of nitrogens with zero attached hydrogens (tertiary/aromatic N) is 2. The van der Waals surface area contributed by atoms with Gasteiger partial charge in [0.15, 0.2) is 0 Å². The van der Waals surface area contributed by atoms with E-state index < -0.39 is 0 Å². The van der Waals surface area contributed by atoms with Crippen LogP contribution in [-0.4, -0.2) is 54.0 Å². The Labute approximate surface area is 144 Å². The van der Waals surface area contributed by atoms with E-state index in [-0.39, 0.29) is 17.3 Å². The van der Waals surface area contributed by atoms with Gasteiger partial charge in [0.2, 0.25) is 5.91 Å². The molecule has 0 saturated carbocycles. The summed E-state index contributed by atoms with van der Waals surface area (Å²) in [5.41, 5.74) is 0.557. The maximum absolute atomic E-state index is 13.8. The van der Waals surface area contributed by atoms with Gasteiger partial charge in [-0.1, -0.05) is 18.2 Å². The molecule has 132 valence electrons. The van der Waals surface area contributed by atoms with Crippen LogP contribution in [0.5, 0.6) is 0 Å². The Morgan fingerprint density at radius 3 is 3.00 bits per heavy atom. The smallest absolute Gasteiger partial charge is 0.237 e. The molecule has 0 aliphatic carbocycles. The zero-order chi connectivity index (χ0) is 17.2. The summed E-state index contributed by atoms with van der Waals surface area (Å²) < 4.78 is 13.8. The lowest BCUT2D eigenvalue weighted by Gasteiger charge is -2.53. The highest BCUT2D eigenvalue weighted by Crippen LogP contribution is 2.35. The van der Waals surface area contributed by atoms with Gasteiger partial charge in [-0.05, 0) is 52.3 Å². The van der Waals surface area contributed by atoms with Crippen molar-refractivity contribution in [2.75, 3.05) is 26.7 Å². The fourth-order valence-corrected chi connectivity index (χ4v) is 4.26. The Kier molecular flexibility index (Phi) is 5.21. The molecular weight excluding hydrogens is 305 g/mol. The number of piperidine rings is 2. The van der Waals surface area contributed by atoms with Crippen molar-refractivity contribution in [3.8, 4) is 0 Å². The predicted molar refractivity (Wildman–Crippen MR) is 93.1 cm³/mol. The molecule has 0 aromatic heterocycles. The monoisotopic (exact) mass is 333 g/mol. The van der Waals surface area contributed by atoms with Gasteiger partial charge in [0.25, 0.3) is 0 Å². The van der Waals surface area contributed by atoms with Crippen LogP contribution in [0.2, 0.25) is 0 Å². The van der Waals surface area contributed by atoms with E-state index in [1.807, 2.05) is 18.0 Å². The van der Waals surface area contributed by atoms with E-state index in [9.17, 15) is 9.18 Å². The van der Waals surface area contributed by atoms with Crippen molar-refractivity contribution >= 4 is 5.91 Å². The van der Waals surface area contributed by atoms with Crippen molar-refractivity contribution in [2.45, 2.75) is 50.7 Å². The van der Waals surface area contributed by atoms with Crippen molar-refractivity contribution in [3.63, 3.8) is 0 Å². The molecule has 2 aliphatic heterocycles. The molecule has 0 unspecified atom stereocenters. The molecule has 0 bridgehead atoms. The summed E-state index contributed by atoms with van der Waals surface area (Å²) in [6.07, 6.45) is 4.37. The molecule has 1 N–H and O–H groups in total. The number of likely N-dealkylation sites (N-methyl/N-ethyl adjacent to an activating group) is 1. The number of fused-ring (bicyclic) bond motifs is 1. The Bertz CT molecular complexity index is 592. The quantitative estimate of drug-likeness (QED) is 0.919. The summed E-state index contributed by atoms with van der Waals surface area (Å²) in [6.45, 7) is 4.88. The standard InChI is InChI=1S/C19H28FN3O/c1-19-10-6-11-21-17(19)9-5-12-23(19)18(24)14-22(2)13-15-7-3-4-8-16(15)20/h3-4,7-8,17,21H,5-6,9-14H2,1-2H3/t17-,19+/m1/s1. The molecule has 0 radical (unpaired) electrons. The number of hydrogen-bond acceptors (Lipinski definition) is 3. The Balaban J connectivity index is 1.64. The summed E-state index contributed by atoms with van der Waals surface area (Å²) in [5.74, 6) is -0.0528. The molecule has 1 aromatic rings. The van der Waals surface area contributed by atoms with Gasteiger partial charge in [-0.25, -0.2) is 4.39 Å². The Hall–Kier alpha value is -1.46. The second kappa shape index (κ2) is 7.19. The minimum atomic E-state index is -0.210. The van der Waals surface area contributed by atoms with Gasteiger partial charge >= 0.3 is 0 Å². The van der Waals surface area contributed by atoms with Gasteiger partial charge in [0, 0.05) is 24.7 Å². The minimum absolute atomic E-state index is 0.0770. The number of halogens is 1. The molecule has 0 spiro atoms. The maximum atomic E-state index is 13.8. The molecule has 4 nitrogen and oxygen atoms in total. The van der Waals surface area contributed by atoms with Crippen LogP contribution in [0.15, 0.2) is 24.3 Å². The van der Waals surface area contributed by atoms with E-state index in [1.54, 1.807) is 12.1 Å². The van der Waals surface area contributed by atoms with Crippen LogP contribution in [0.25, 0.3) is 0 Å². The van der Waals surface area contributed by atoms with Crippen molar-refractivity contribution < 1.29 is 9.18 Å². The normalized spacial score (nSPS) is 27.2. The minimum Gasteiger partial charge on any atom is -0.335 e. The van der Waals surface area contributed by atoms with Crippen LogP contribution in [0.4, 0.5) is 4.39 Å². The van der Waals surface area contributed by atoms with Gasteiger partial charge in [0.1, 0.15) is 5.82 Å². The van der Waals surface area contributed by atoms with Gasteiger partial charge < -0.3 is 10.2 Å². The lowest BCUT2D eigenvalue weighted by Crippen LogP contribution is -2.67. The van der Waals surface area contributed by atoms with Crippen LogP contribution in [-0.2, 0) is 11.3 Å². The summed E-state index contributed by atoms with van der Waals surface area (Å²) in [7, 11) is 1.88. The van der Waals surface area contributed by atoms with Gasteiger partial charge in [-0.2, -0.15) is 0 Å². The molecule has 1 amide bonds. The number of nitrogens with one attached hydrogen (secondary N) is 1. The van der Waals surface area contributed by atoms with E-state index in [1.165, 1.54) is 6.07 Å². The van der Waals surface area contributed by atoms with E-state index in [0.29, 0.717) is 24.7 Å². The SMILES string of the molecule is CN(CC(=O)N1CCC[C@H]2NCCC[C@@]21C)Cc1ccccc1F. The number of rotatable bonds is 4. The van der Waals surface area contributed by atoms with E-state index >= 15 is 0 Å². The number of carbonyl (C=O) groups excluding carboxylic acids is 1. The maximum Gasteiger partial charge on any atom is 0.237 e. The molecule has 5 heteroatoms. The highest BCUT2D eigenvalue weighted by Gasteiger charge is 2.45. The number of benzene rings is 1. The van der Waals surface area contributed by atoms with Gasteiger partial charge in [0.05, 0.1) is 12.1 Å². The highest BCUT2D eigenvalue weighted by molar-refractivity contribution is 5.79. The zero-order valence-corrected chi connectivity index (χ0v) is 14.7. The number of likely N-dealkylation sites (tertiary alicyclic amines) is 1. The largest absolute Gasteiger partial charge is 0.335 e. The first-order chi connectivity index (χ1) is 11.5. The van der Waals surface area contributed by atoms with E-state index in [4.69, 9.17) is 0 Å². The van der Waals surface area contributed by atoms with Crippen molar-refractivity contribution in [1.82, 2.24) is 15.1 Å².